The van der Waals surface area contributed by atoms with Crippen LogP contribution in [-0.2, 0) is 9.53 Å². The summed E-state index contributed by atoms with van der Waals surface area (Å²) < 4.78 is 11.2. The third-order valence-electron chi connectivity index (χ3n) is 4.47. The van der Waals surface area contributed by atoms with Gasteiger partial charge >= 0.3 is 5.97 Å². The fraction of sp³-hybridized carbons (Fsp3) is 0.571. The molecule has 1 aliphatic heterocycles. The average Bonchev–Trinajstić information content (AvgIpc) is 2.65. The van der Waals surface area contributed by atoms with Crippen molar-refractivity contribution in [1.29, 1.82) is 0 Å². The van der Waals surface area contributed by atoms with Crippen molar-refractivity contribution in [3.63, 3.8) is 0 Å². The van der Waals surface area contributed by atoms with Crippen molar-refractivity contribution >= 4 is 17.7 Å². The van der Waals surface area contributed by atoms with Crippen LogP contribution in [0.15, 0.2) is 36.9 Å². The van der Waals surface area contributed by atoms with Gasteiger partial charge < -0.3 is 9.47 Å². The number of carbonyl (C=O) groups excluding carboxylic acids is 1. The highest BCUT2D eigenvalue weighted by molar-refractivity contribution is 7.99. The van der Waals surface area contributed by atoms with E-state index in [-0.39, 0.29) is 5.44 Å². The zero-order chi connectivity index (χ0) is 17.9. The van der Waals surface area contributed by atoms with Crippen LogP contribution in [-0.4, -0.2) is 18.3 Å². The molecule has 0 N–H and O–H groups in total. The van der Waals surface area contributed by atoms with Gasteiger partial charge in [-0.2, -0.15) is 0 Å². The summed E-state index contributed by atoms with van der Waals surface area (Å²) in [6.07, 6.45) is 10.6. The second-order valence-corrected chi connectivity index (χ2v) is 7.71. The number of ether oxygens (including phenoxy) is 2. The maximum absolute atomic E-state index is 11.2. The van der Waals surface area contributed by atoms with E-state index in [4.69, 9.17) is 9.47 Å². The lowest BCUT2D eigenvalue weighted by molar-refractivity contribution is -0.128. The van der Waals surface area contributed by atoms with Crippen molar-refractivity contribution < 1.29 is 14.3 Å². The fourth-order valence-corrected chi connectivity index (χ4v) is 4.20. The molecule has 1 fully saturated rings. The summed E-state index contributed by atoms with van der Waals surface area (Å²) >= 11 is 1.87. The second kappa shape index (κ2) is 11.4. The van der Waals surface area contributed by atoms with Crippen molar-refractivity contribution in [3.05, 3.63) is 42.5 Å². The second-order valence-electron chi connectivity index (χ2n) is 6.62. The minimum absolute atomic E-state index is 0.0879. The van der Waals surface area contributed by atoms with E-state index in [9.17, 15) is 4.79 Å². The van der Waals surface area contributed by atoms with E-state index in [0.29, 0.717) is 11.7 Å². The Balaban J connectivity index is 1.67. The fourth-order valence-electron chi connectivity index (χ4n) is 2.97. The van der Waals surface area contributed by atoms with E-state index in [0.717, 1.165) is 24.0 Å². The van der Waals surface area contributed by atoms with Crippen LogP contribution in [0, 0.1) is 5.92 Å². The number of hydrogen-bond acceptors (Lipinski definition) is 4. The topological polar surface area (TPSA) is 35.5 Å². The molecule has 2 rings (SSSR count). The van der Waals surface area contributed by atoms with E-state index >= 15 is 0 Å². The van der Waals surface area contributed by atoms with Gasteiger partial charge in [0.2, 0.25) is 0 Å². The van der Waals surface area contributed by atoms with E-state index in [1.807, 2.05) is 36.0 Å². The average molecular weight is 363 g/mol. The summed E-state index contributed by atoms with van der Waals surface area (Å²) in [6.45, 7) is 6.50. The lowest BCUT2D eigenvalue weighted by atomic mass is 10.0. The van der Waals surface area contributed by atoms with Crippen LogP contribution in [0.4, 0.5) is 0 Å². The van der Waals surface area contributed by atoms with E-state index in [1.54, 1.807) is 0 Å². The molecule has 2 unspecified atom stereocenters. The molecule has 1 aromatic rings. The van der Waals surface area contributed by atoms with Crippen LogP contribution in [0.1, 0.15) is 62.9 Å². The lowest BCUT2D eigenvalue weighted by Gasteiger charge is -2.29. The third kappa shape index (κ3) is 7.25. The van der Waals surface area contributed by atoms with Crippen molar-refractivity contribution in [3.8, 4) is 5.75 Å². The molecule has 0 aliphatic carbocycles. The predicted octanol–water partition coefficient (Wildman–Crippen LogP) is 5.91. The van der Waals surface area contributed by atoms with Gasteiger partial charge in [-0.3, -0.25) is 0 Å². The monoisotopic (exact) mass is 362 g/mol. The number of esters is 1. The van der Waals surface area contributed by atoms with E-state index in [1.165, 1.54) is 44.9 Å². The van der Waals surface area contributed by atoms with Gasteiger partial charge in [0.1, 0.15) is 11.2 Å². The van der Waals surface area contributed by atoms with Gasteiger partial charge in [0.25, 0.3) is 0 Å². The molecule has 138 valence electrons. The van der Waals surface area contributed by atoms with Gasteiger partial charge in [0, 0.05) is 11.8 Å². The largest absolute Gasteiger partial charge is 0.423 e. The standard InChI is InChI=1S/C21H30O3S/c1-3-5-6-7-8-9-10-17-15-23-21(25-16-17)18-11-13-19(14-12-18)24-20(22)4-2/h4,11-14,17,21H,2-3,5-10,15-16H2,1H3. The number of carbonyl (C=O) groups is 1. The number of unbranched alkanes of at least 4 members (excludes halogenated alkanes) is 5. The summed E-state index contributed by atoms with van der Waals surface area (Å²) in [7, 11) is 0. The molecule has 0 bridgehead atoms. The first-order chi connectivity index (χ1) is 12.2. The molecule has 3 nitrogen and oxygen atoms in total. The maximum Gasteiger partial charge on any atom is 0.335 e. The SMILES string of the molecule is C=CC(=O)Oc1ccc(C2OCC(CCCCCCCC)CS2)cc1. The van der Waals surface area contributed by atoms with Gasteiger partial charge in [0.15, 0.2) is 0 Å². The molecule has 1 saturated heterocycles. The molecule has 1 aliphatic rings. The first kappa shape index (κ1) is 20.1. The summed E-state index contributed by atoms with van der Waals surface area (Å²) in [4.78, 5) is 11.2. The number of thioether (sulfide) groups is 1. The molecule has 0 amide bonds. The minimum atomic E-state index is -0.437. The lowest BCUT2D eigenvalue weighted by Crippen LogP contribution is -2.20. The van der Waals surface area contributed by atoms with Gasteiger partial charge in [-0.25, -0.2) is 4.79 Å². The van der Waals surface area contributed by atoms with Crippen molar-refractivity contribution in [2.75, 3.05) is 12.4 Å². The van der Waals surface area contributed by atoms with Gasteiger partial charge in [-0.15, -0.1) is 11.8 Å². The summed E-state index contributed by atoms with van der Waals surface area (Å²) in [5.41, 5.74) is 1.21. The molecule has 25 heavy (non-hydrogen) atoms. The molecule has 2 atom stereocenters. The van der Waals surface area contributed by atoms with Gasteiger partial charge in [-0.05, 0) is 30.0 Å². The first-order valence-corrected chi connectivity index (χ1v) is 10.4. The third-order valence-corrected chi connectivity index (χ3v) is 5.84. The molecule has 1 heterocycles. The molecule has 4 heteroatoms. The molecular formula is C21H30O3S. The Labute approximate surface area is 156 Å². The normalized spacial score (nSPS) is 20.2. The van der Waals surface area contributed by atoms with E-state index in [2.05, 4.69) is 13.5 Å². The maximum atomic E-state index is 11.2. The Hall–Kier alpha value is -1.26. The molecule has 0 aromatic heterocycles. The van der Waals surface area contributed by atoms with Crippen LogP contribution >= 0.6 is 11.8 Å². The summed E-state index contributed by atoms with van der Waals surface area (Å²) in [5, 5.41) is 0. The van der Waals surface area contributed by atoms with Crippen LogP contribution in [0.2, 0.25) is 0 Å². The van der Waals surface area contributed by atoms with Crippen molar-refractivity contribution in [2.24, 2.45) is 5.92 Å². The van der Waals surface area contributed by atoms with Gasteiger partial charge in [-0.1, -0.05) is 64.2 Å². The smallest absolute Gasteiger partial charge is 0.335 e. The van der Waals surface area contributed by atoms with E-state index < -0.39 is 5.97 Å². The number of benzene rings is 1. The van der Waals surface area contributed by atoms with Crippen LogP contribution < -0.4 is 4.74 Å². The highest BCUT2D eigenvalue weighted by Gasteiger charge is 2.23. The van der Waals surface area contributed by atoms with Crippen LogP contribution in [0.25, 0.3) is 0 Å². The molecule has 0 saturated carbocycles. The highest BCUT2D eigenvalue weighted by Crippen LogP contribution is 2.38. The van der Waals surface area contributed by atoms with Crippen molar-refractivity contribution in [2.45, 2.75) is 57.3 Å². The Kier molecular flexibility index (Phi) is 9.12. The van der Waals surface area contributed by atoms with Gasteiger partial charge in [0.05, 0.1) is 6.61 Å². The highest BCUT2D eigenvalue weighted by atomic mass is 32.2. The van der Waals surface area contributed by atoms with Crippen LogP contribution in [0.5, 0.6) is 5.75 Å². The molecule has 0 spiro atoms. The molecule has 0 radical (unpaired) electrons. The minimum Gasteiger partial charge on any atom is -0.423 e. The van der Waals surface area contributed by atoms with Crippen LogP contribution in [0.3, 0.4) is 0 Å². The predicted molar refractivity (Wildman–Crippen MR) is 105 cm³/mol. The summed E-state index contributed by atoms with van der Waals surface area (Å²) in [5.74, 6) is 1.94. The summed E-state index contributed by atoms with van der Waals surface area (Å²) in [6, 6.07) is 7.56. The molecular weight excluding hydrogens is 332 g/mol. The Morgan fingerprint density at radius 3 is 2.60 bits per heavy atom. The molecule has 1 aromatic carbocycles. The quantitative estimate of drug-likeness (QED) is 0.224. The zero-order valence-corrected chi connectivity index (χ0v) is 16.1. The first-order valence-electron chi connectivity index (χ1n) is 9.40. The number of rotatable bonds is 10. The Morgan fingerprint density at radius 1 is 1.24 bits per heavy atom. The van der Waals surface area contributed by atoms with Crippen molar-refractivity contribution in [1.82, 2.24) is 0 Å². The Bertz CT molecular complexity index is 518. The Morgan fingerprint density at radius 2 is 1.96 bits per heavy atom. The number of hydrogen-bond donors (Lipinski definition) is 0. The zero-order valence-electron chi connectivity index (χ0n) is 15.2.